The number of ether oxygens (including phenoxy) is 1. The van der Waals surface area contributed by atoms with E-state index in [-0.39, 0.29) is 48.6 Å². The number of rotatable bonds is 10. The van der Waals surface area contributed by atoms with Crippen LogP contribution in [0.2, 0.25) is 0 Å². The SMILES string of the molecule is CCOC(=O)c1ccc(C(C(=O)[C@@H](Cc2cc(Br)c(O)c(Br)c2)NC(=O)N2CCC(N3Cc4ccccc4NC3=O)CC2)C2CCNCC2)cc1. The zero-order valence-corrected chi connectivity index (χ0v) is 31.7. The third-order valence-corrected chi connectivity index (χ3v) is 11.4. The van der Waals surface area contributed by atoms with Gasteiger partial charge < -0.3 is 35.6 Å². The number of anilines is 1. The molecule has 0 aliphatic carbocycles. The van der Waals surface area contributed by atoms with Gasteiger partial charge in [-0.15, -0.1) is 0 Å². The highest BCUT2D eigenvalue weighted by Crippen LogP contribution is 2.36. The van der Waals surface area contributed by atoms with E-state index < -0.39 is 17.9 Å². The molecule has 0 aromatic heterocycles. The van der Waals surface area contributed by atoms with Gasteiger partial charge in [-0.25, -0.2) is 14.4 Å². The van der Waals surface area contributed by atoms with Gasteiger partial charge in [0.25, 0.3) is 0 Å². The fraction of sp³-hybridized carbons (Fsp3) is 0.421. The van der Waals surface area contributed by atoms with Crippen LogP contribution in [0.4, 0.5) is 15.3 Å². The number of ketones is 1. The summed E-state index contributed by atoms with van der Waals surface area (Å²) in [6.07, 6.45) is 3.01. The number of para-hydroxylation sites is 1. The van der Waals surface area contributed by atoms with Crippen LogP contribution in [0, 0.1) is 5.92 Å². The number of nitrogens with one attached hydrogen (secondary N) is 3. The van der Waals surface area contributed by atoms with Crippen molar-refractivity contribution < 1.29 is 29.0 Å². The number of amides is 4. The molecule has 3 aromatic carbocycles. The lowest BCUT2D eigenvalue weighted by molar-refractivity contribution is -0.123. The summed E-state index contributed by atoms with van der Waals surface area (Å²) >= 11 is 6.82. The number of halogens is 2. The largest absolute Gasteiger partial charge is 0.506 e. The lowest BCUT2D eigenvalue weighted by atomic mass is 9.75. The summed E-state index contributed by atoms with van der Waals surface area (Å²) in [6, 6.07) is 17.0. The summed E-state index contributed by atoms with van der Waals surface area (Å²) in [5, 5.41) is 19.8. The van der Waals surface area contributed by atoms with Gasteiger partial charge in [0, 0.05) is 37.3 Å². The van der Waals surface area contributed by atoms with E-state index in [0.29, 0.717) is 47.0 Å². The Labute approximate surface area is 314 Å². The number of hydrogen-bond acceptors (Lipinski definition) is 7. The summed E-state index contributed by atoms with van der Waals surface area (Å²) in [6.45, 7) is 4.97. The van der Waals surface area contributed by atoms with Gasteiger partial charge in [0.1, 0.15) is 5.75 Å². The van der Waals surface area contributed by atoms with E-state index in [2.05, 4.69) is 47.8 Å². The fourth-order valence-corrected chi connectivity index (χ4v) is 8.72. The van der Waals surface area contributed by atoms with Gasteiger partial charge in [-0.1, -0.05) is 30.3 Å². The normalized spacial score (nSPS) is 18.0. The number of nitrogens with zero attached hydrogens (tertiary/aromatic N) is 2. The monoisotopic (exact) mass is 823 g/mol. The van der Waals surface area contributed by atoms with Gasteiger partial charge in [-0.05, 0) is 137 Å². The number of benzene rings is 3. The third kappa shape index (κ3) is 8.58. The molecular formula is C38H43Br2N5O6. The Bertz CT molecular complexity index is 1730. The number of piperidine rings is 2. The first-order chi connectivity index (χ1) is 24.6. The van der Waals surface area contributed by atoms with Crippen molar-refractivity contribution in [3.8, 4) is 5.75 Å². The molecule has 0 radical (unpaired) electrons. The number of phenols is 1. The molecule has 2 fully saturated rings. The molecule has 51 heavy (non-hydrogen) atoms. The lowest BCUT2D eigenvalue weighted by Crippen LogP contribution is -2.55. The molecule has 0 saturated carbocycles. The molecule has 1 unspecified atom stereocenters. The van der Waals surface area contributed by atoms with Crippen molar-refractivity contribution in [2.24, 2.45) is 5.92 Å². The number of carbonyl (C=O) groups excluding carboxylic acids is 4. The number of Topliss-reactive ketones (excluding diaryl/α,β-unsaturated/α-hetero) is 1. The molecule has 0 bridgehead atoms. The summed E-state index contributed by atoms with van der Waals surface area (Å²) in [4.78, 5) is 57.8. The minimum atomic E-state index is -0.882. The van der Waals surface area contributed by atoms with Gasteiger partial charge in [0.2, 0.25) is 0 Å². The Balaban J connectivity index is 1.22. The predicted molar refractivity (Wildman–Crippen MR) is 201 cm³/mol. The van der Waals surface area contributed by atoms with Gasteiger partial charge >= 0.3 is 18.0 Å². The summed E-state index contributed by atoms with van der Waals surface area (Å²) in [7, 11) is 0. The van der Waals surface area contributed by atoms with Crippen molar-refractivity contribution in [1.82, 2.24) is 20.4 Å². The standard InChI is InChI=1S/C38H43Br2N5O6/c1-2-51-36(48)26-9-7-24(8-10-26)33(25-11-15-41-16-12-25)35(47)32(21-23-19-29(39)34(46)30(40)20-23)43-37(49)44-17-13-28(14-18-44)45-22-27-5-3-4-6-31(27)42-38(45)50/h3-10,19-20,25,28,32-33,41,46H,2,11-18,21-22H2,1H3,(H,42,50)(H,43,49)/t32-,33?/m1/s1. The minimum Gasteiger partial charge on any atom is -0.506 e. The molecule has 3 heterocycles. The van der Waals surface area contributed by atoms with E-state index in [1.807, 2.05) is 41.3 Å². The van der Waals surface area contributed by atoms with Crippen LogP contribution in [-0.2, 0) is 22.5 Å². The Morgan fingerprint density at radius 3 is 2.31 bits per heavy atom. The van der Waals surface area contributed by atoms with Gasteiger partial charge in [0.05, 0.1) is 27.2 Å². The van der Waals surface area contributed by atoms with Crippen LogP contribution in [0.15, 0.2) is 69.6 Å². The topological polar surface area (TPSA) is 140 Å². The molecule has 4 N–H and O–H groups in total. The van der Waals surface area contributed by atoms with E-state index in [9.17, 15) is 24.3 Å². The number of urea groups is 2. The molecule has 11 nitrogen and oxygen atoms in total. The van der Waals surface area contributed by atoms with Crippen molar-refractivity contribution in [2.45, 2.75) is 63.6 Å². The average Bonchev–Trinajstić information content (AvgIpc) is 3.14. The van der Waals surface area contributed by atoms with Crippen molar-refractivity contribution in [3.05, 3.63) is 91.9 Å². The molecule has 6 rings (SSSR count). The Morgan fingerprint density at radius 2 is 1.65 bits per heavy atom. The van der Waals surface area contributed by atoms with Crippen LogP contribution in [0.1, 0.15) is 65.6 Å². The number of carbonyl (C=O) groups is 4. The zero-order chi connectivity index (χ0) is 36.1. The number of aromatic hydroxyl groups is 1. The number of esters is 1. The van der Waals surface area contributed by atoms with E-state index in [0.717, 1.165) is 48.3 Å². The molecule has 270 valence electrons. The number of phenolic OH excluding ortho intramolecular Hbond substituents is 1. The van der Waals surface area contributed by atoms with E-state index >= 15 is 0 Å². The maximum absolute atomic E-state index is 14.9. The zero-order valence-electron chi connectivity index (χ0n) is 28.5. The van der Waals surface area contributed by atoms with E-state index in [4.69, 9.17) is 4.74 Å². The first-order valence-electron chi connectivity index (χ1n) is 17.5. The molecule has 2 atom stereocenters. The second kappa shape index (κ2) is 16.6. The van der Waals surface area contributed by atoms with Crippen LogP contribution in [-0.4, -0.2) is 83.6 Å². The fourth-order valence-electron chi connectivity index (χ4n) is 7.44. The van der Waals surface area contributed by atoms with Gasteiger partial charge in [-0.2, -0.15) is 0 Å². The Kier molecular flexibility index (Phi) is 12.0. The smallest absolute Gasteiger partial charge is 0.338 e. The average molecular weight is 826 g/mol. The Morgan fingerprint density at radius 1 is 0.980 bits per heavy atom. The maximum Gasteiger partial charge on any atom is 0.338 e. The van der Waals surface area contributed by atoms with Crippen LogP contribution < -0.4 is 16.0 Å². The van der Waals surface area contributed by atoms with Crippen LogP contribution in [0.3, 0.4) is 0 Å². The molecule has 0 spiro atoms. The number of hydrogen-bond donors (Lipinski definition) is 4. The van der Waals surface area contributed by atoms with Crippen molar-refractivity contribution in [3.63, 3.8) is 0 Å². The van der Waals surface area contributed by atoms with Crippen molar-refractivity contribution in [1.29, 1.82) is 0 Å². The van der Waals surface area contributed by atoms with E-state index in [1.54, 1.807) is 36.1 Å². The van der Waals surface area contributed by atoms with Crippen LogP contribution in [0.25, 0.3) is 0 Å². The molecule has 3 aliphatic heterocycles. The first-order valence-corrected chi connectivity index (χ1v) is 19.1. The Hall–Kier alpha value is -3.94. The lowest BCUT2D eigenvalue weighted by Gasteiger charge is -2.41. The third-order valence-electron chi connectivity index (χ3n) is 10.2. The second-order valence-electron chi connectivity index (χ2n) is 13.4. The maximum atomic E-state index is 14.9. The highest BCUT2D eigenvalue weighted by atomic mass is 79.9. The van der Waals surface area contributed by atoms with Crippen molar-refractivity contribution >= 4 is 61.4 Å². The molecule has 3 aliphatic rings. The summed E-state index contributed by atoms with van der Waals surface area (Å²) in [5.41, 5.74) is 3.84. The van der Waals surface area contributed by atoms with E-state index in [1.165, 1.54) is 0 Å². The number of likely N-dealkylation sites (tertiary alicyclic amines) is 1. The number of fused-ring (bicyclic) bond motifs is 1. The molecule has 13 heteroatoms. The first kappa shape index (κ1) is 36.8. The van der Waals surface area contributed by atoms with Crippen LogP contribution >= 0.6 is 31.9 Å². The minimum absolute atomic E-state index is 0.0200. The molecule has 2 saturated heterocycles. The molecule has 4 amide bonds. The highest BCUT2D eigenvalue weighted by molar-refractivity contribution is 9.11. The molecule has 3 aromatic rings. The van der Waals surface area contributed by atoms with Gasteiger partial charge in [-0.3, -0.25) is 4.79 Å². The quantitative estimate of drug-likeness (QED) is 0.170. The second-order valence-corrected chi connectivity index (χ2v) is 15.1. The summed E-state index contributed by atoms with van der Waals surface area (Å²) < 4.78 is 6.12. The predicted octanol–water partition coefficient (Wildman–Crippen LogP) is 6.58. The van der Waals surface area contributed by atoms with Gasteiger partial charge in [0.15, 0.2) is 5.78 Å². The summed E-state index contributed by atoms with van der Waals surface area (Å²) in [5.74, 6) is -0.978. The van der Waals surface area contributed by atoms with Crippen molar-refractivity contribution in [2.75, 3.05) is 38.1 Å². The van der Waals surface area contributed by atoms with Crippen LogP contribution in [0.5, 0.6) is 5.75 Å². The highest BCUT2D eigenvalue weighted by Gasteiger charge is 2.38. The molecular weight excluding hydrogens is 782 g/mol.